The van der Waals surface area contributed by atoms with Crippen LogP contribution in [0, 0.1) is 34.9 Å². The third kappa shape index (κ3) is 31.1. The summed E-state index contributed by atoms with van der Waals surface area (Å²) in [5.41, 5.74) is 7.63. The summed E-state index contributed by atoms with van der Waals surface area (Å²) in [6.07, 6.45) is 19.3. The second-order valence-corrected chi connectivity index (χ2v) is 78.9. The minimum absolute atomic E-state index is 0. The number of hydrogen-bond donors (Lipinski definition) is 2. The average molecular weight is 2300 g/mol. The zero-order valence-corrected chi connectivity index (χ0v) is 97.3. The van der Waals surface area contributed by atoms with E-state index in [0.29, 0.717) is 55.0 Å². The highest BCUT2D eigenvalue weighted by Crippen LogP contribution is 2.92. The fourth-order valence-electron chi connectivity index (χ4n) is 16.3. The first kappa shape index (κ1) is 119. The number of benzene rings is 6. The van der Waals surface area contributed by atoms with Crippen molar-refractivity contribution in [3.63, 3.8) is 0 Å². The van der Waals surface area contributed by atoms with E-state index in [9.17, 15) is 45.5 Å². The predicted octanol–water partition coefficient (Wildman–Crippen LogP) is 30.8. The molecule has 6 aromatic carbocycles. The summed E-state index contributed by atoms with van der Waals surface area (Å²) in [7, 11) is 34.0. The van der Waals surface area contributed by atoms with E-state index in [2.05, 4.69) is 97.0 Å². The summed E-state index contributed by atoms with van der Waals surface area (Å²) in [6.45, 7) is 6.98. The maximum Gasteiger partial charge on any atom is 0.410 e. The van der Waals surface area contributed by atoms with Gasteiger partial charge in [0.05, 0.1) is 66.7 Å². The van der Waals surface area contributed by atoms with Gasteiger partial charge in [0.25, 0.3) is 17.7 Å². The number of fused-ring (bicyclic) bond motifs is 3. The molecule has 45 heteroatoms. The highest BCUT2D eigenvalue weighted by molar-refractivity contribution is 8.98. The minimum atomic E-state index is -0.685. The van der Waals surface area contributed by atoms with Crippen LogP contribution in [0.2, 0.25) is 15.1 Å². The molecule has 4 amide bonds. The molecule has 6 aromatic heterocycles. The van der Waals surface area contributed by atoms with E-state index < -0.39 is 52.5 Å². The van der Waals surface area contributed by atoms with Crippen LogP contribution in [-0.4, -0.2) is 143 Å². The van der Waals surface area contributed by atoms with E-state index in [0.717, 1.165) is 180 Å². The van der Waals surface area contributed by atoms with Gasteiger partial charge in [-0.2, -0.15) is 0 Å². The number of amides is 4. The second-order valence-electron chi connectivity index (χ2n) is 32.8. The van der Waals surface area contributed by atoms with Crippen molar-refractivity contribution in [2.45, 2.75) is 159 Å². The van der Waals surface area contributed by atoms with Crippen molar-refractivity contribution >= 4 is 267 Å². The quantitative estimate of drug-likeness (QED) is 0.0431. The number of carbonyl (C=O) groups is 4. The summed E-state index contributed by atoms with van der Waals surface area (Å²) in [5.74, 6) is -2.98. The monoisotopic (exact) mass is 2290 g/mol. The molecule has 0 aliphatic heterocycles. The highest BCUT2D eigenvalue weighted by atomic mass is 35.5. The molecule has 10 atom stereocenters. The van der Waals surface area contributed by atoms with Gasteiger partial charge < -0.3 is 49.2 Å². The van der Waals surface area contributed by atoms with Gasteiger partial charge in [0, 0.05) is 117 Å². The van der Waals surface area contributed by atoms with E-state index in [-0.39, 0.29) is 181 Å². The van der Waals surface area contributed by atoms with Crippen molar-refractivity contribution in [2.24, 2.45) is 0 Å². The summed E-state index contributed by atoms with van der Waals surface area (Å²) >= 11 is 22.3. The van der Waals surface area contributed by atoms with Crippen LogP contribution in [0.25, 0.3) is 63.6 Å². The van der Waals surface area contributed by atoms with Crippen LogP contribution in [0.1, 0.15) is 144 Å². The van der Waals surface area contributed by atoms with Crippen molar-refractivity contribution in [3.8, 4) is 50.6 Å². The standard InChI is InChI=1S/C34H36ClF2N3O4S.2C29H28ClF2N3O2S.3ClH.H9P7.H8P6/c1-34(2,3)44-33(42)39(4)23-7-9-24(10-8-23)40(32(41)31-29(35)28-25(36)11-12-26(37)30(28)45-31)19-22-18-21(6-13-27(22)43-5)20-14-16-38-17-15-20;2*1-33-20-4-6-21(7-5-20)35(29(36)28-26(30)25-22(31)8-9-23(32)27(25)38-28)16-19-15-18(3-10-24(19)37-2)17-11-13-34-14-12-17;;;;1-5-7(4)6(2)3;1-5(2)6(3)4/h6,11-18,23-24H,7-10,19H2,1-5H3;2*3,8-15,20-21,33H,4-7,16H2,1-2H3;3*1H;5H,1-4H2;1-4H2. The Balaban J connectivity index is 0.000000234. The minimum Gasteiger partial charge on any atom is -0.496 e. The first-order valence-corrected chi connectivity index (χ1v) is 67.9. The number of aromatic nitrogens is 3. The van der Waals surface area contributed by atoms with Crippen molar-refractivity contribution in [2.75, 3.05) is 42.5 Å². The lowest BCUT2D eigenvalue weighted by molar-refractivity contribution is 0.0144. The van der Waals surface area contributed by atoms with Gasteiger partial charge in [0.1, 0.15) is 72.4 Å². The fourth-order valence-corrected chi connectivity index (χ4v) is 36.9. The van der Waals surface area contributed by atoms with Crippen LogP contribution in [0.5, 0.6) is 17.2 Å². The first-order chi connectivity index (χ1) is 64.0. The van der Waals surface area contributed by atoms with Crippen molar-refractivity contribution in [1.29, 1.82) is 0 Å². The maximum absolute atomic E-state index is 14.8. The Morgan fingerprint density at radius 1 is 0.416 bits per heavy atom. The van der Waals surface area contributed by atoms with E-state index in [1.165, 1.54) is 0 Å². The van der Waals surface area contributed by atoms with E-state index in [1.807, 2.05) is 126 Å². The van der Waals surface area contributed by atoms with Crippen LogP contribution in [0.4, 0.5) is 31.1 Å². The van der Waals surface area contributed by atoms with Crippen LogP contribution in [-0.2, 0) is 24.4 Å². The molecule has 12 aromatic rings. The predicted molar refractivity (Wildman–Crippen MR) is 604 cm³/mol. The lowest BCUT2D eigenvalue weighted by atomic mass is 9.89. The number of thiophene rings is 3. The molecule has 3 fully saturated rings. The lowest BCUT2D eigenvalue weighted by Gasteiger charge is -2.40. The smallest absolute Gasteiger partial charge is 0.410 e. The van der Waals surface area contributed by atoms with Crippen LogP contribution in [0.15, 0.2) is 165 Å². The summed E-state index contributed by atoms with van der Waals surface area (Å²) in [5, 5.41) is 6.28. The number of rotatable bonds is 24. The number of pyridine rings is 3. The zero-order valence-electron chi connectivity index (χ0n) is 76.3. The van der Waals surface area contributed by atoms with Crippen LogP contribution in [0.3, 0.4) is 0 Å². The molecule has 0 spiro atoms. The largest absolute Gasteiger partial charge is 0.496 e. The van der Waals surface area contributed by atoms with E-state index >= 15 is 0 Å². The highest BCUT2D eigenvalue weighted by Gasteiger charge is 2.39. The first-order valence-electron chi connectivity index (χ1n) is 42.5. The molecule has 2 N–H and O–H groups in total. The van der Waals surface area contributed by atoms with Crippen molar-refractivity contribution < 1.29 is 64.5 Å². The second kappa shape index (κ2) is 56.5. The Morgan fingerprint density at radius 2 is 0.679 bits per heavy atom. The summed E-state index contributed by atoms with van der Waals surface area (Å²) in [6, 6.07) is 35.6. The number of methoxy groups -OCH3 is 3. The summed E-state index contributed by atoms with van der Waals surface area (Å²) < 4.78 is 110. The molecule has 6 heterocycles. The topological polar surface area (TPSA) is 181 Å². The fraction of sp³-hybridized carbons (Fsp3) is 0.337. The molecule has 0 radical (unpaired) electrons. The Labute approximate surface area is 867 Å². The van der Waals surface area contributed by atoms with Crippen molar-refractivity contribution in [1.82, 2.24) is 45.2 Å². The number of hydrogen-bond acceptors (Lipinski definition) is 16. The van der Waals surface area contributed by atoms with Gasteiger partial charge in [-0.25, -0.2) is 31.1 Å². The molecule has 3 saturated carbocycles. The number of ether oxygens (including phenoxy) is 4. The maximum atomic E-state index is 14.8. The van der Waals surface area contributed by atoms with Gasteiger partial charge in [-0.15, -0.1) is 143 Å². The molecule has 3 aliphatic carbocycles. The molecular formula is C92H112Cl6F6N9O8P13S3. The molecule has 740 valence electrons. The number of carbonyl (C=O) groups excluding carboxylic acids is 4. The van der Waals surface area contributed by atoms with E-state index in [4.69, 9.17) is 53.8 Å². The Morgan fingerprint density at radius 3 is 0.905 bits per heavy atom. The third-order valence-corrected chi connectivity index (χ3v) is 80.2. The SMILES string of the molecule is CNC1CCC(N(Cc2cc(-c3ccncc3)ccc2OC)C(=O)c2sc3c(F)ccc(F)c3c2Cl)CC1.CNC1CCC(N(Cc2cc(-c3ccncc3)ccc2OC)C(=O)c2sc3c(F)ccc(F)c3c2Cl)CC1.COc1ccc(-c2ccncc2)cc1CN(C(=O)c1sc2c(F)ccc(F)c2c1Cl)C1CCC(N(C)C(=O)OC(C)(C)C)CC1.Cl.Cl.Cl.PP(P)P(P)P.PPP(P)P(P)P. The molecule has 137 heavy (non-hydrogen) atoms. The molecule has 17 nitrogen and oxygen atoms in total. The van der Waals surface area contributed by atoms with Gasteiger partial charge in [-0.05, 0) is 282 Å². The number of nitrogens with one attached hydrogen (secondary N) is 2. The van der Waals surface area contributed by atoms with Gasteiger partial charge in [-0.3, -0.25) is 29.3 Å². The van der Waals surface area contributed by atoms with Gasteiger partial charge in [-0.1, -0.05) is 61.0 Å². The van der Waals surface area contributed by atoms with Crippen molar-refractivity contribution in [3.05, 3.63) is 246 Å². The summed E-state index contributed by atoms with van der Waals surface area (Å²) in [4.78, 5) is 75.0. The van der Waals surface area contributed by atoms with E-state index in [1.54, 1.807) is 85.2 Å². The Hall–Kier alpha value is -3.44. The molecule has 0 bridgehead atoms. The van der Waals surface area contributed by atoms with Gasteiger partial charge >= 0.3 is 6.09 Å². The molecule has 15 rings (SSSR count). The zero-order chi connectivity index (χ0) is 97.1. The average Bonchev–Trinajstić information content (AvgIpc) is 1.63. The van der Waals surface area contributed by atoms with Crippen LogP contribution < -0.4 is 24.8 Å². The number of nitrogens with zero attached hydrogens (tertiary/aromatic N) is 7. The van der Waals surface area contributed by atoms with Gasteiger partial charge in [0.2, 0.25) is 0 Å². The van der Waals surface area contributed by atoms with Crippen LogP contribution >= 0.6 is 213 Å². The lowest BCUT2D eigenvalue weighted by Crippen LogP contribution is -2.47. The molecular weight excluding hydrogens is 2180 g/mol. The Bertz CT molecular complexity index is 5810. The normalized spacial score (nSPS) is 16.6. The molecule has 0 saturated heterocycles. The van der Waals surface area contributed by atoms with Gasteiger partial charge in [0.15, 0.2) is 0 Å². The molecule has 10 unspecified atom stereocenters. The third-order valence-electron chi connectivity index (χ3n) is 23.4. The molecule has 3 aliphatic rings. The Kier molecular flexibility index (Phi) is 49.0. The number of halogens is 12.